The molecule has 1 rings (SSSR count). The van der Waals surface area contributed by atoms with Gasteiger partial charge in [0.1, 0.15) is 5.75 Å². The number of hydrogen-bond donors (Lipinski definition) is 0. The van der Waals surface area contributed by atoms with Gasteiger partial charge in [0, 0.05) is 0 Å². The van der Waals surface area contributed by atoms with Crippen molar-refractivity contribution in [2.45, 2.75) is 39.5 Å². The molecule has 0 aliphatic heterocycles. The Hall–Kier alpha value is -0.980. The summed E-state index contributed by atoms with van der Waals surface area (Å²) in [4.78, 5) is 0. The third-order valence-electron chi connectivity index (χ3n) is 2.18. The number of benzene rings is 1. The molecule has 0 bridgehead atoms. The van der Waals surface area contributed by atoms with Crippen molar-refractivity contribution in [1.29, 1.82) is 0 Å². The van der Waals surface area contributed by atoms with Crippen LogP contribution in [0.3, 0.4) is 0 Å². The topological polar surface area (TPSA) is 9.23 Å². The molecule has 0 amide bonds. The Balaban J connectivity index is 2.55. The van der Waals surface area contributed by atoms with E-state index in [9.17, 15) is 0 Å². The molecule has 0 saturated carbocycles. The molecule has 0 fully saturated rings. The lowest BCUT2D eigenvalue weighted by Crippen LogP contribution is -1.99. The Morgan fingerprint density at radius 1 is 1.29 bits per heavy atom. The van der Waals surface area contributed by atoms with Gasteiger partial charge in [0.2, 0.25) is 0 Å². The van der Waals surface area contributed by atoms with Gasteiger partial charge in [-0.25, -0.2) is 0 Å². The van der Waals surface area contributed by atoms with Crippen molar-refractivity contribution < 1.29 is 4.74 Å². The molecule has 0 aromatic heterocycles. The predicted octanol–water partition coefficient (Wildman–Crippen LogP) is 3.62. The zero-order chi connectivity index (χ0) is 10.2. The second kappa shape index (κ2) is 6.47. The highest BCUT2D eigenvalue weighted by atomic mass is 16.5. The molecule has 14 heavy (non-hydrogen) atoms. The maximum atomic E-state index is 5.71. The Labute approximate surface area is 87.1 Å². The normalized spacial score (nSPS) is 10.1. The first-order chi connectivity index (χ1) is 6.88. The lowest BCUT2D eigenvalue weighted by molar-refractivity contribution is 0.306. The number of ether oxygens (including phenoxy) is 1. The van der Waals surface area contributed by atoms with Gasteiger partial charge in [0.15, 0.2) is 0 Å². The fourth-order valence-electron chi connectivity index (χ4n) is 1.38. The Kier molecular flexibility index (Phi) is 5.13. The summed E-state index contributed by atoms with van der Waals surface area (Å²) >= 11 is 0. The van der Waals surface area contributed by atoms with E-state index in [0.29, 0.717) is 0 Å². The van der Waals surface area contributed by atoms with Gasteiger partial charge in [0.05, 0.1) is 6.61 Å². The van der Waals surface area contributed by atoms with Gasteiger partial charge in [-0.2, -0.15) is 0 Å². The van der Waals surface area contributed by atoms with E-state index >= 15 is 0 Å². The minimum absolute atomic E-state index is 0.831. The van der Waals surface area contributed by atoms with Crippen LogP contribution in [0.4, 0.5) is 0 Å². The SMILES string of the molecule is CCCCOc1cc[c]cc1CCC. The third kappa shape index (κ3) is 3.41. The fraction of sp³-hybridized carbons (Fsp3) is 0.538. The lowest BCUT2D eigenvalue weighted by Gasteiger charge is -2.09. The molecule has 1 heteroatoms. The van der Waals surface area contributed by atoms with Gasteiger partial charge in [-0.1, -0.05) is 32.8 Å². The average Bonchev–Trinajstić information content (AvgIpc) is 2.21. The number of rotatable bonds is 6. The third-order valence-corrected chi connectivity index (χ3v) is 2.18. The molecule has 1 nitrogen and oxygen atoms in total. The zero-order valence-corrected chi connectivity index (χ0v) is 9.18. The summed E-state index contributed by atoms with van der Waals surface area (Å²) < 4.78 is 5.71. The number of hydrogen-bond acceptors (Lipinski definition) is 1. The second-order valence-electron chi connectivity index (χ2n) is 3.49. The Bertz CT molecular complexity index is 255. The van der Waals surface area contributed by atoms with Crippen LogP contribution in [-0.2, 0) is 6.42 Å². The average molecular weight is 191 g/mol. The van der Waals surface area contributed by atoms with Crippen molar-refractivity contribution >= 4 is 0 Å². The first-order valence-corrected chi connectivity index (χ1v) is 5.50. The van der Waals surface area contributed by atoms with Crippen LogP contribution in [0.2, 0.25) is 0 Å². The minimum atomic E-state index is 0.831. The van der Waals surface area contributed by atoms with E-state index in [2.05, 4.69) is 19.9 Å². The van der Waals surface area contributed by atoms with Crippen LogP contribution in [0.5, 0.6) is 5.75 Å². The van der Waals surface area contributed by atoms with Gasteiger partial charge in [-0.15, -0.1) is 0 Å². The summed E-state index contributed by atoms with van der Waals surface area (Å²) in [6, 6.07) is 9.06. The standard InChI is InChI=1S/C13H19O/c1-3-5-11-14-13-10-7-6-9-12(13)8-4-2/h7,9-10H,3-5,8,11H2,1-2H3. The summed E-state index contributed by atoms with van der Waals surface area (Å²) in [6.07, 6.45) is 4.55. The van der Waals surface area contributed by atoms with Crippen LogP contribution in [0.25, 0.3) is 0 Å². The van der Waals surface area contributed by atoms with Crippen LogP contribution >= 0.6 is 0 Å². The van der Waals surface area contributed by atoms with E-state index in [1.807, 2.05) is 18.2 Å². The highest BCUT2D eigenvalue weighted by Crippen LogP contribution is 2.19. The molecule has 0 atom stereocenters. The molecule has 0 aliphatic carbocycles. The molecule has 0 heterocycles. The molecule has 0 aliphatic rings. The molecule has 0 spiro atoms. The van der Waals surface area contributed by atoms with Gasteiger partial charge in [-0.05, 0) is 36.6 Å². The summed E-state index contributed by atoms with van der Waals surface area (Å²) in [7, 11) is 0. The highest BCUT2D eigenvalue weighted by molar-refractivity contribution is 5.32. The van der Waals surface area contributed by atoms with E-state index in [-0.39, 0.29) is 0 Å². The smallest absolute Gasteiger partial charge is 0.122 e. The molecule has 1 aromatic rings. The summed E-state index contributed by atoms with van der Waals surface area (Å²) in [6.45, 7) is 5.19. The predicted molar refractivity (Wildman–Crippen MR) is 59.7 cm³/mol. The van der Waals surface area contributed by atoms with Crippen LogP contribution in [0.1, 0.15) is 38.7 Å². The molecule has 77 valence electrons. The number of unbranched alkanes of at least 4 members (excludes halogenated alkanes) is 1. The Morgan fingerprint density at radius 3 is 2.86 bits per heavy atom. The fourth-order valence-corrected chi connectivity index (χ4v) is 1.38. The highest BCUT2D eigenvalue weighted by Gasteiger charge is 2.00. The van der Waals surface area contributed by atoms with E-state index in [1.54, 1.807) is 0 Å². The monoisotopic (exact) mass is 191 g/mol. The van der Waals surface area contributed by atoms with Gasteiger partial charge in [0.25, 0.3) is 0 Å². The van der Waals surface area contributed by atoms with Crippen molar-refractivity contribution in [3.63, 3.8) is 0 Å². The van der Waals surface area contributed by atoms with Gasteiger partial charge >= 0.3 is 0 Å². The summed E-state index contributed by atoms with van der Waals surface area (Å²) in [5.41, 5.74) is 1.28. The Morgan fingerprint density at radius 2 is 2.14 bits per heavy atom. The van der Waals surface area contributed by atoms with Crippen molar-refractivity contribution in [3.8, 4) is 5.75 Å². The second-order valence-corrected chi connectivity index (χ2v) is 3.49. The van der Waals surface area contributed by atoms with Crippen LogP contribution in [0, 0.1) is 6.07 Å². The maximum Gasteiger partial charge on any atom is 0.122 e. The van der Waals surface area contributed by atoms with Crippen molar-refractivity contribution in [1.82, 2.24) is 0 Å². The van der Waals surface area contributed by atoms with Crippen molar-refractivity contribution in [2.24, 2.45) is 0 Å². The zero-order valence-electron chi connectivity index (χ0n) is 9.18. The lowest BCUT2D eigenvalue weighted by atomic mass is 10.1. The van der Waals surface area contributed by atoms with E-state index in [4.69, 9.17) is 4.74 Å². The minimum Gasteiger partial charge on any atom is -0.493 e. The van der Waals surface area contributed by atoms with E-state index < -0.39 is 0 Å². The quantitative estimate of drug-likeness (QED) is 0.624. The van der Waals surface area contributed by atoms with Crippen LogP contribution in [0.15, 0.2) is 18.2 Å². The molecular weight excluding hydrogens is 172 g/mol. The molecule has 1 aromatic carbocycles. The number of aryl methyl sites for hydroxylation is 1. The van der Waals surface area contributed by atoms with Crippen molar-refractivity contribution in [3.05, 3.63) is 29.8 Å². The molecule has 0 unspecified atom stereocenters. The van der Waals surface area contributed by atoms with Crippen LogP contribution in [-0.4, -0.2) is 6.61 Å². The molecule has 0 N–H and O–H groups in total. The molecular formula is C13H19O. The molecule has 0 saturated heterocycles. The van der Waals surface area contributed by atoms with E-state index in [1.165, 1.54) is 12.0 Å². The van der Waals surface area contributed by atoms with Gasteiger partial charge in [-0.3, -0.25) is 0 Å². The largest absolute Gasteiger partial charge is 0.493 e. The van der Waals surface area contributed by atoms with Gasteiger partial charge < -0.3 is 4.74 Å². The first kappa shape index (κ1) is 11.1. The van der Waals surface area contributed by atoms with Crippen LogP contribution < -0.4 is 4.74 Å². The molecule has 1 radical (unpaired) electrons. The van der Waals surface area contributed by atoms with E-state index in [0.717, 1.165) is 31.6 Å². The maximum absolute atomic E-state index is 5.71. The summed E-state index contributed by atoms with van der Waals surface area (Å²) in [5, 5.41) is 0. The van der Waals surface area contributed by atoms with Crippen molar-refractivity contribution in [2.75, 3.05) is 6.61 Å². The summed E-state index contributed by atoms with van der Waals surface area (Å²) in [5.74, 6) is 1.04. The first-order valence-electron chi connectivity index (χ1n) is 5.50.